The Hall–Kier alpha value is -4.77. The highest BCUT2D eigenvalue weighted by molar-refractivity contribution is 6.51. The molecular weight excluding hydrogens is 472 g/mol. The number of ketones is 1. The van der Waals surface area contributed by atoms with Gasteiger partial charge in [-0.25, -0.2) is 0 Å². The lowest BCUT2D eigenvalue weighted by Gasteiger charge is -2.25. The van der Waals surface area contributed by atoms with Gasteiger partial charge in [-0.2, -0.15) is 5.26 Å². The Kier molecular flexibility index (Phi) is 7.44. The Labute approximate surface area is 214 Å². The van der Waals surface area contributed by atoms with E-state index in [0.29, 0.717) is 47.3 Å². The molecule has 4 rings (SSSR count). The molecule has 0 bridgehead atoms. The van der Waals surface area contributed by atoms with Gasteiger partial charge in [0.15, 0.2) is 0 Å². The summed E-state index contributed by atoms with van der Waals surface area (Å²) in [6.45, 7) is 4.42. The first kappa shape index (κ1) is 25.3. The average Bonchev–Trinajstić information content (AvgIpc) is 3.19. The fraction of sp³-hybridized carbons (Fsp3) is 0.207. The zero-order chi connectivity index (χ0) is 26.5. The van der Waals surface area contributed by atoms with Crippen LogP contribution in [0.5, 0.6) is 17.2 Å². The van der Waals surface area contributed by atoms with Crippen molar-refractivity contribution in [1.82, 2.24) is 0 Å². The number of benzene rings is 3. The molecule has 8 heteroatoms. The molecule has 8 nitrogen and oxygen atoms in total. The number of aliphatic hydroxyl groups is 1. The van der Waals surface area contributed by atoms with Gasteiger partial charge in [0.2, 0.25) is 0 Å². The van der Waals surface area contributed by atoms with E-state index in [1.807, 2.05) is 13.0 Å². The van der Waals surface area contributed by atoms with Crippen LogP contribution in [-0.2, 0) is 9.59 Å². The predicted molar refractivity (Wildman–Crippen MR) is 138 cm³/mol. The van der Waals surface area contributed by atoms with E-state index in [0.717, 1.165) is 0 Å². The van der Waals surface area contributed by atoms with Gasteiger partial charge in [-0.15, -0.1) is 0 Å². The highest BCUT2D eigenvalue weighted by Gasteiger charge is 2.47. The third-order valence-corrected chi connectivity index (χ3v) is 5.97. The highest BCUT2D eigenvalue weighted by atomic mass is 16.5. The van der Waals surface area contributed by atoms with Crippen LogP contribution >= 0.6 is 0 Å². The van der Waals surface area contributed by atoms with E-state index < -0.39 is 17.7 Å². The number of anilines is 1. The molecule has 1 unspecified atom stereocenters. The SMILES string of the molecule is CCOc1ccc(/C(O)=C2/C(=O)C(=O)N(c3ccc(C#N)cc3)C2c2ccc(OC)cc2)c(OCC)c1. The number of methoxy groups -OCH3 is 1. The first-order chi connectivity index (χ1) is 17.9. The number of amides is 1. The molecule has 0 aromatic heterocycles. The molecule has 3 aromatic rings. The molecule has 0 radical (unpaired) electrons. The average molecular weight is 499 g/mol. The lowest BCUT2D eigenvalue weighted by atomic mass is 9.94. The summed E-state index contributed by atoms with van der Waals surface area (Å²) in [6.07, 6.45) is 0. The second-order valence-electron chi connectivity index (χ2n) is 8.12. The molecule has 0 aliphatic carbocycles. The number of nitriles is 1. The Bertz CT molecular complexity index is 1390. The van der Waals surface area contributed by atoms with Gasteiger partial charge in [0.25, 0.3) is 11.7 Å². The molecular formula is C29H26N2O6. The summed E-state index contributed by atoms with van der Waals surface area (Å²) in [5, 5.41) is 20.7. The summed E-state index contributed by atoms with van der Waals surface area (Å²) < 4.78 is 16.6. The van der Waals surface area contributed by atoms with Crippen molar-refractivity contribution in [3.63, 3.8) is 0 Å². The Morgan fingerprint density at radius 1 is 0.946 bits per heavy atom. The Balaban J connectivity index is 1.93. The summed E-state index contributed by atoms with van der Waals surface area (Å²) >= 11 is 0. The normalized spacial score (nSPS) is 16.4. The molecule has 1 N–H and O–H groups in total. The molecule has 0 saturated carbocycles. The Morgan fingerprint density at radius 2 is 1.59 bits per heavy atom. The number of rotatable bonds is 8. The van der Waals surface area contributed by atoms with Crippen LogP contribution in [0.3, 0.4) is 0 Å². The van der Waals surface area contributed by atoms with Gasteiger partial charge in [0, 0.05) is 11.8 Å². The second-order valence-corrected chi connectivity index (χ2v) is 8.12. The number of Topliss-reactive ketones (excluding diaryl/α,β-unsaturated/α-hetero) is 1. The number of carbonyl (C=O) groups excluding carboxylic acids is 2. The van der Waals surface area contributed by atoms with Gasteiger partial charge in [0.05, 0.1) is 49.1 Å². The van der Waals surface area contributed by atoms with Crippen LogP contribution in [0.2, 0.25) is 0 Å². The smallest absolute Gasteiger partial charge is 0.300 e. The van der Waals surface area contributed by atoms with E-state index in [-0.39, 0.29) is 16.9 Å². The van der Waals surface area contributed by atoms with Gasteiger partial charge in [-0.3, -0.25) is 14.5 Å². The first-order valence-corrected chi connectivity index (χ1v) is 11.8. The highest BCUT2D eigenvalue weighted by Crippen LogP contribution is 2.44. The van der Waals surface area contributed by atoms with Gasteiger partial charge in [-0.1, -0.05) is 12.1 Å². The monoisotopic (exact) mass is 498 g/mol. The van der Waals surface area contributed by atoms with Crippen molar-refractivity contribution in [2.24, 2.45) is 0 Å². The van der Waals surface area contributed by atoms with Crippen LogP contribution in [0.25, 0.3) is 5.76 Å². The lowest BCUT2D eigenvalue weighted by Crippen LogP contribution is -2.29. The van der Waals surface area contributed by atoms with E-state index >= 15 is 0 Å². The molecule has 1 saturated heterocycles. The van der Waals surface area contributed by atoms with Crippen molar-refractivity contribution in [2.75, 3.05) is 25.2 Å². The van der Waals surface area contributed by atoms with Crippen molar-refractivity contribution < 1.29 is 28.9 Å². The van der Waals surface area contributed by atoms with Gasteiger partial charge in [-0.05, 0) is 67.9 Å². The molecule has 1 heterocycles. The standard InChI is InChI=1S/C29H26N2O6/c1-4-36-22-14-15-23(24(16-22)37-5-2)27(32)25-26(19-8-12-21(35-3)13-9-19)31(29(34)28(25)33)20-10-6-18(17-30)7-11-20/h6-16,26,32H,4-5H2,1-3H3/b27-25-. The van der Waals surface area contributed by atoms with E-state index in [9.17, 15) is 20.0 Å². The fourth-order valence-corrected chi connectivity index (χ4v) is 4.27. The fourth-order valence-electron chi connectivity index (χ4n) is 4.27. The summed E-state index contributed by atoms with van der Waals surface area (Å²) in [7, 11) is 1.54. The van der Waals surface area contributed by atoms with Crippen LogP contribution in [0.1, 0.15) is 36.6 Å². The van der Waals surface area contributed by atoms with Crippen molar-refractivity contribution >= 4 is 23.1 Å². The molecule has 1 fully saturated rings. The minimum atomic E-state index is -0.931. The third kappa shape index (κ3) is 4.84. The molecule has 1 atom stereocenters. The van der Waals surface area contributed by atoms with E-state index in [1.165, 1.54) is 4.90 Å². The first-order valence-electron chi connectivity index (χ1n) is 11.8. The van der Waals surface area contributed by atoms with Crippen molar-refractivity contribution in [3.05, 3.63) is 89.0 Å². The number of aliphatic hydroxyl groups excluding tert-OH is 1. The van der Waals surface area contributed by atoms with E-state index in [1.54, 1.807) is 80.8 Å². The summed E-state index contributed by atoms with van der Waals surface area (Å²) in [5.41, 5.74) is 1.61. The number of hydrogen-bond donors (Lipinski definition) is 1. The minimum Gasteiger partial charge on any atom is -0.507 e. The lowest BCUT2D eigenvalue weighted by molar-refractivity contribution is -0.132. The zero-order valence-electron chi connectivity index (χ0n) is 20.7. The number of hydrogen-bond acceptors (Lipinski definition) is 7. The quantitative estimate of drug-likeness (QED) is 0.265. The maximum absolute atomic E-state index is 13.4. The van der Waals surface area contributed by atoms with Gasteiger partial charge < -0.3 is 19.3 Å². The molecule has 1 aliphatic rings. The molecule has 1 amide bonds. The van der Waals surface area contributed by atoms with Crippen LogP contribution in [0, 0.1) is 11.3 Å². The van der Waals surface area contributed by atoms with Crippen LogP contribution in [0.15, 0.2) is 72.3 Å². The van der Waals surface area contributed by atoms with Gasteiger partial charge in [0.1, 0.15) is 23.0 Å². The molecule has 0 spiro atoms. The molecule has 37 heavy (non-hydrogen) atoms. The minimum absolute atomic E-state index is 0.0790. The van der Waals surface area contributed by atoms with Crippen molar-refractivity contribution in [1.29, 1.82) is 5.26 Å². The summed E-state index contributed by atoms with van der Waals surface area (Å²) in [4.78, 5) is 28.1. The third-order valence-electron chi connectivity index (χ3n) is 5.97. The maximum Gasteiger partial charge on any atom is 0.300 e. The van der Waals surface area contributed by atoms with E-state index in [4.69, 9.17) is 14.2 Å². The van der Waals surface area contributed by atoms with Crippen LogP contribution < -0.4 is 19.1 Å². The Morgan fingerprint density at radius 3 is 2.19 bits per heavy atom. The number of nitrogens with zero attached hydrogens (tertiary/aromatic N) is 2. The predicted octanol–water partition coefficient (Wildman–Crippen LogP) is 4.99. The maximum atomic E-state index is 13.4. The zero-order valence-corrected chi connectivity index (χ0v) is 20.7. The molecule has 3 aromatic carbocycles. The van der Waals surface area contributed by atoms with Crippen LogP contribution in [-0.4, -0.2) is 37.1 Å². The van der Waals surface area contributed by atoms with E-state index in [2.05, 4.69) is 0 Å². The topological polar surface area (TPSA) is 109 Å². The largest absolute Gasteiger partial charge is 0.507 e. The summed E-state index contributed by atoms with van der Waals surface area (Å²) in [6, 6.07) is 19.3. The summed E-state index contributed by atoms with van der Waals surface area (Å²) in [5.74, 6) is -0.516. The van der Waals surface area contributed by atoms with Crippen molar-refractivity contribution in [3.8, 4) is 23.3 Å². The molecule has 1 aliphatic heterocycles. The van der Waals surface area contributed by atoms with Crippen molar-refractivity contribution in [2.45, 2.75) is 19.9 Å². The number of ether oxygens (including phenoxy) is 3. The second kappa shape index (κ2) is 10.9. The van der Waals surface area contributed by atoms with Crippen LogP contribution in [0.4, 0.5) is 5.69 Å². The van der Waals surface area contributed by atoms with Gasteiger partial charge >= 0.3 is 0 Å². The molecule has 188 valence electrons. The number of carbonyl (C=O) groups is 2.